The molecular weight excluding hydrogens is 152 g/mol. The van der Waals surface area contributed by atoms with E-state index < -0.39 is 0 Å². The Morgan fingerprint density at radius 2 is 1.75 bits per heavy atom. The van der Waals surface area contributed by atoms with Gasteiger partial charge in [-0.3, -0.25) is 0 Å². The Bertz CT molecular complexity index is 118. The Labute approximate surface area is 75.2 Å². The Morgan fingerprint density at radius 3 is 2.08 bits per heavy atom. The third kappa shape index (κ3) is 2.46. The van der Waals surface area contributed by atoms with Crippen LogP contribution in [0.4, 0.5) is 0 Å². The zero-order valence-corrected chi connectivity index (χ0v) is 8.43. The van der Waals surface area contributed by atoms with E-state index in [1.807, 2.05) is 0 Å². The SMILES string of the molecule is CCC(CC)(CC)OCC1CO1. The lowest BCUT2D eigenvalue weighted by Gasteiger charge is -2.30. The molecule has 2 heteroatoms. The minimum Gasteiger partial charge on any atom is -0.372 e. The molecule has 1 saturated heterocycles. The quantitative estimate of drug-likeness (QED) is 0.574. The van der Waals surface area contributed by atoms with E-state index in [2.05, 4.69) is 20.8 Å². The van der Waals surface area contributed by atoms with Gasteiger partial charge in [0, 0.05) is 0 Å². The van der Waals surface area contributed by atoms with E-state index in [0.717, 1.165) is 32.5 Å². The molecule has 2 nitrogen and oxygen atoms in total. The van der Waals surface area contributed by atoms with Crippen molar-refractivity contribution in [3.63, 3.8) is 0 Å². The highest BCUT2D eigenvalue weighted by molar-refractivity contribution is 4.78. The third-order valence-electron chi connectivity index (χ3n) is 2.91. The van der Waals surface area contributed by atoms with Crippen molar-refractivity contribution in [3.8, 4) is 0 Å². The summed E-state index contributed by atoms with van der Waals surface area (Å²) >= 11 is 0. The molecule has 1 unspecified atom stereocenters. The smallest absolute Gasteiger partial charge is 0.104 e. The zero-order chi connectivity index (χ0) is 9.03. The summed E-state index contributed by atoms with van der Waals surface area (Å²) in [5, 5.41) is 0. The standard InChI is InChI=1S/C10H20O2/c1-4-10(5-2,6-3)12-8-9-7-11-9/h9H,4-8H2,1-3H3. The first-order valence-electron chi connectivity index (χ1n) is 5.02. The van der Waals surface area contributed by atoms with Crippen LogP contribution in [0.2, 0.25) is 0 Å². The Kier molecular flexibility index (Phi) is 3.53. The Morgan fingerprint density at radius 1 is 1.25 bits per heavy atom. The van der Waals surface area contributed by atoms with Gasteiger partial charge in [-0.1, -0.05) is 20.8 Å². The van der Waals surface area contributed by atoms with Gasteiger partial charge >= 0.3 is 0 Å². The predicted molar refractivity (Wildman–Crippen MR) is 49.3 cm³/mol. The van der Waals surface area contributed by atoms with Gasteiger partial charge in [0.05, 0.1) is 18.8 Å². The van der Waals surface area contributed by atoms with Crippen LogP contribution in [-0.4, -0.2) is 24.9 Å². The summed E-state index contributed by atoms with van der Waals surface area (Å²) in [5.41, 5.74) is 0.117. The van der Waals surface area contributed by atoms with Crippen LogP contribution in [0.3, 0.4) is 0 Å². The van der Waals surface area contributed by atoms with Crippen molar-refractivity contribution < 1.29 is 9.47 Å². The molecule has 0 saturated carbocycles. The number of hydrogen-bond acceptors (Lipinski definition) is 2. The number of epoxide rings is 1. The summed E-state index contributed by atoms with van der Waals surface area (Å²) in [5.74, 6) is 0. The van der Waals surface area contributed by atoms with E-state index in [1.54, 1.807) is 0 Å². The summed E-state index contributed by atoms with van der Waals surface area (Å²) in [7, 11) is 0. The highest BCUT2D eigenvalue weighted by Gasteiger charge is 2.30. The largest absolute Gasteiger partial charge is 0.372 e. The van der Waals surface area contributed by atoms with Crippen molar-refractivity contribution in [1.82, 2.24) is 0 Å². The van der Waals surface area contributed by atoms with Gasteiger partial charge in [-0.15, -0.1) is 0 Å². The topological polar surface area (TPSA) is 21.8 Å². The van der Waals surface area contributed by atoms with E-state index in [9.17, 15) is 0 Å². The van der Waals surface area contributed by atoms with Gasteiger partial charge in [-0.05, 0) is 19.3 Å². The Balaban J connectivity index is 2.28. The van der Waals surface area contributed by atoms with E-state index in [0.29, 0.717) is 6.10 Å². The van der Waals surface area contributed by atoms with Crippen molar-refractivity contribution in [2.75, 3.05) is 13.2 Å². The summed E-state index contributed by atoms with van der Waals surface area (Å²) < 4.78 is 11.0. The monoisotopic (exact) mass is 172 g/mol. The second-order valence-corrected chi connectivity index (χ2v) is 3.51. The first-order valence-corrected chi connectivity index (χ1v) is 5.02. The van der Waals surface area contributed by atoms with Gasteiger partial charge in [0.25, 0.3) is 0 Å². The van der Waals surface area contributed by atoms with Gasteiger partial charge in [-0.2, -0.15) is 0 Å². The lowest BCUT2D eigenvalue weighted by molar-refractivity contribution is -0.0593. The molecule has 0 aliphatic carbocycles. The number of ether oxygens (including phenoxy) is 2. The average molecular weight is 172 g/mol. The maximum Gasteiger partial charge on any atom is 0.104 e. The minimum absolute atomic E-state index is 0.117. The van der Waals surface area contributed by atoms with Gasteiger partial charge < -0.3 is 9.47 Å². The molecule has 1 rings (SSSR count). The molecular formula is C10H20O2. The molecule has 0 N–H and O–H groups in total. The number of rotatable bonds is 6. The molecule has 0 radical (unpaired) electrons. The molecule has 0 bridgehead atoms. The molecule has 1 atom stereocenters. The van der Waals surface area contributed by atoms with E-state index >= 15 is 0 Å². The molecule has 72 valence electrons. The van der Waals surface area contributed by atoms with Gasteiger partial charge in [-0.25, -0.2) is 0 Å². The lowest BCUT2D eigenvalue weighted by Crippen LogP contribution is -2.31. The average Bonchev–Trinajstić information content (AvgIpc) is 2.92. The second-order valence-electron chi connectivity index (χ2n) is 3.51. The van der Waals surface area contributed by atoms with Crippen LogP contribution in [0.5, 0.6) is 0 Å². The van der Waals surface area contributed by atoms with Gasteiger partial charge in [0.1, 0.15) is 6.10 Å². The van der Waals surface area contributed by atoms with Crippen molar-refractivity contribution in [1.29, 1.82) is 0 Å². The molecule has 0 spiro atoms. The number of hydrogen-bond donors (Lipinski definition) is 0. The molecule has 0 aromatic rings. The van der Waals surface area contributed by atoms with E-state index in [4.69, 9.17) is 9.47 Å². The maximum absolute atomic E-state index is 5.88. The molecule has 12 heavy (non-hydrogen) atoms. The third-order valence-corrected chi connectivity index (χ3v) is 2.91. The van der Waals surface area contributed by atoms with Gasteiger partial charge in [0.2, 0.25) is 0 Å². The molecule has 1 fully saturated rings. The van der Waals surface area contributed by atoms with Crippen LogP contribution in [0.1, 0.15) is 40.0 Å². The van der Waals surface area contributed by atoms with Crippen molar-refractivity contribution in [3.05, 3.63) is 0 Å². The van der Waals surface area contributed by atoms with Crippen molar-refractivity contribution in [2.24, 2.45) is 0 Å². The lowest BCUT2D eigenvalue weighted by atomic mass is 9.94. The first-order chi connectivity index (χ1) is 5.76. The van der Waals surface area contributed by atoms with Crippen LogP contribution in [0.25, 0.3) is 0 Å². The Hall–Kier alpha value is -0.0800. The minimum atomic E-state index is 0.117. The summed E-state index contributed by atoms with van der Waals surface area (Å²) in [6, 6.07) is 0. The highest BCUT2D eigenvalue weighted by Crippen LogP contribution is 2.26. The normalized spacial score (nSPS) is 22.8. The van der Waals surface area contributed by atoms with Crippen LogP contribution in [-0.2, 0) is 9.47 Å². The van der Waals surface area contributed by atoms with Crippen molar-refractivity contribution in [2.45, 2.75) is 51.7 Å². The molecule has 1 aliphatic heterocycles. The van der Waals surface area contributed by atoms with Crippen molar-refractivity contribution >= 4 is 0 Å². The van der Waals surface area contributed by atoms with Crippen LogP contribution in [0, 0.1) is 0 Å². The molecule has 0 aromatic carbocycles. The van der Waals surface area contributed by atoms with E-state index in [1.165, 1.54) is 0 Å². The molecule has 1 aliphatic rings. The predicted octanol–water partition coefficient (Wildman–Crippen LogP) is 2.37. The molecule has 0 amide bonds. The second kappa shape index (κ2) is 4.24. The van der Waals surface area contributed by atoms with Crippen LogP contribution < -0.4 is 0 Å². The first kappa shape index (κ1) is 10.0. The molecule has 1 heterocycles. The summed E-state index contributed by atoms with van der Waals surface area (Å²) in [4.78, 5) is 0. The van der Waals surface area contributed by atoms with Crippen LogP contribution >= 0.6 is 0 Å². The van der Waals surface area contributed by atoms with Gasteiger partial charge in [0.15, 0.2) is 0 Å². The molecule has 0 aromatic heterocycles. The fourth-order valence-corrected chi connectivity index (χ4v) is 1.49. The summed E-state index contributed by atoms with van der Waals surface area (Å²) in [6.45, 7) is 8.27. The zero-order valence-electron chi connectivity index (χ0n) is 8.43. The summed E-state index contributed by atoms with van der Waals surface area (Å²) in [6.07, 6.45) is 3.71. The fourth-order valence-electron chi connectivity index (χ4n) is 1.49. The van der Waals surface area contributed by atoms with Crippen LogP contribution in [0.15, 0.2) is 0 Å². The maximum atomic E-state index is 5.88. The fraction of sp³-hybridized carbons (Fsp3) is 1.00. The van der Waals surface area contributed by atoms with E-state index in [-0.39, 0.29) is 5.60 Å². The highest BCUT2D eigenvalue weighted by atomic mass is 16.6.